The molecule has 6 nitrogen and oxygen atoms in total. The van der Waals surface area contributed by atoms with Crippen LogP contribution in [0.25, 0.3) is 0 Å². The van der Waals surface area contributed by atoms with Gasteiger partial charge in [-0.3, -0.25) is 9.59 Å². The van der Waals surface area contributed by atoms with E-state index in [9.17, 15) is 23.9 Å². The average molecular weight is 370 g/mol. The van der Waals surface area contributed by atoms with Gasteiger partial charge in [0, 0.05) is 19.4 Å². The molecule has 1 heterocycles. The molecular weight excluding hydrogens is 351 g/mol. The van der Waals surface area contributed by atoms with Gasteiger partial charge in [0.05, 0.1) is 11.6 Å². The van der Waals surface area contributed by atoms with Gasteiger partial charge in [0.15, 0.2) is 0 Å². The van der Waals surface area contributed by atoms with Crippen molar-refractivity contribution in [2.45, 2.75) is 18.9 Å². The summed E-state index contributed by atoms with van der Waals surface area (Å²) in [6.45, 7) is 0.0171. The zero-order chi connectivity index (χ0) is 19.4. The third kappa shape index (κ3) is 4.31. The van der Waals surface area contributed by atoms with E-state index in [0.717, 1.165) is 5.56 Å². The molecule has 2 N–H and O–H groups in total. The number of halogens is 1. The van der Waals surface area contributed by atoms with Gasteiger partial charge < -0.3 is 15.3 Å². The second kappa shape index (κ2) is 7.99. The summed E-state index contributed by atoms with van der Waals surface area (Å²) in [5, 5.41) is 11.9. The second-order valence-corrected chi connectivity index (χ2v) is 6.45. The summed E-state index contributed by atoms with van der Waals surface area (Å²) < 4.78 is 13.9. The minimum atomic E-state index is -1.15. The molecule has 2 aromatic rings. The molecule has 2 amide bonds. The molecule has 0 aliphatic carbocycles. The topological polar surface area (TPSA) is 86.7 Å². The number of carbonyl (C=O) groups excluding carboxylic acids is 2. The van der Waals surface area contributed by atoms with Gasteiger partial charge in [-0.1, -0.05) is 42.5 Å². The van der Waals surface area contributed by atoms with Crippen molar-refractivity contribution in [2.75, 3.05) is 11.4 Å². The molecule has 2 atom stereocenters. The highest BCUT2D eigenvalue weighted by atomic mass is 19.1. The van der Waals surface area contributed by atoms with Crippen LogP contribution >= 0.6 is 0 Å². The molecule has 1 aliphatic rings. The SMILES string of the molecule is O=C(NC(Cc1ccccc1)C(=O)O)C1CC(=O)N(c2ccccc2F)C1. The number of carboxylic acids is 1. The van der Waals surface area contributed by atoms with Crippen molar-refractivity contribution in [3.63, 3.8) is 0 Å². The lowest BCUT2D eigenvalue weighted by Crippen LogP contribution is -2.45. The van der Waals surface area contributed by atoms with Crippen molar-refractivity contribution in [1.29, 1.82) is 0 Å². The van der Waals surface area contributed by atoms with E-state index in [2.05, 4.69) is 5.32 Å². The molecule has 27 heavy (non-hydrogen) atoms. The summed E-state index contributed by atoms with van der Waals surface area (Å²) >= 11 is 0. The Bertz CT molecular complexity index is 856. The lowest BCUT2D eigenvalue weighted by atomic mass is 10.0. The molecule has 3 rings (SSSR count). The second-order valence-electron chi connectivity index (χ2n) is 6.45. The molecule has 1 aliphatic heterocycles. The summed E-state index contributed by atoms with van der Waals surface area (Å²) in [5.74, 6) is -3.31. The number of carboxylic acid groups (broad SMARTS) is 1. The first-order chi connectivity index (χ1) is 13.0. The van der Waals surface area contributed by atoms with Gasteiger partial charge in [-0.05, 0) is 17.7 Å². The number of amides is 2. The number of hydrogen-bond acceptors (Lipinski definition) is 3. The Morgan fingerprint density at radius 2 is 1.81 bits per heavy atom. The van der Waals surface area contributed by atoms with Crippen LogP contribution in [-0.4, -0.2) is 35.5 Å². The number of hydrogen-bond donors (Lipinski definition) is 2. The molecule has 140 valence electrons. The Morgan fingerprint density at radius 3 is 2.48 bits per heavy atom. The molecule has 0 saturated carbocycles. The maximum absolute atomic E-state index is 13.9. The van der Waals surface area contributed by atoms with E-state index in [1.807, 2.05) is 6.07 Å². The fourth-order valence-corrected chi connectivity index (χ4v) is 3.13. The number of aliphatic carboxylic acids is 1. The molecular formula is C20H19FN2O4. The van der Waals surface area contributed by atoms with Crippen molar-refractivity contribution in [1.82, 2.24) is 5.32 Å². The number of nitrogens with one attached hydrogen (secondary N) is 1. The lowest BCUT2D eigenvalue weighted by molar-refractivity contribution is -0.142. The molecule has 1 fully saturated rings. The summed E-state index contributed by atoms with van der Waals surface area (Å²) in [5.41, 5.74) is 0.901. The fourth-order valence-electron chi connectivity index (χ4n) is 3.13. The number of nitrogens with zero attached hydrogens (tertiary/aromatic N) is 1. The predicted molar refractivity (Wildman–Crippen MR) is 96.6 cm³/mol. The first-order valence-electron chi connectivity index (χ1n) is 8.57. The van der Waals surface area contributed by atoms with Gasteiger partial charge in [-0.2, -0.15) is 0 Å². The quantitative estimate of drug-likeness (QED) is 0.814. The van der Waals surface area contributed by atoms with Crippen LogP contribution in [0.1, 0.15) is 12.0 Å². The zero-order valence-corrected chi connectivity index (χ0v) is 14.5. The van der Waals surface area contributed by atoms with Crippen LogP contribution in [0.5, 0.6) is 0 Å². The number of anilines is 1. The van der Waals surface area contributed by atoms with Crippen LogP contribution in [0.15, 0.2) is 54.6 Å². The summed E-state index contributed by atoms with van der Waals surface area (Å²) in [6, 6.07) is 13.7. The van der Waals surface area contributed by atoms with Gasteiger partial charge in [0.2, 0.25) is 11.8 Å². The van der Waals surface area contributed by atoms with Crippen molar-refractivity contribution in [3.8, 4) is 0 Å². The molecule has 2 aromatic carbocycles. The summed E-state index contributed by atoms with van der Waals surface area (Å²) in [6.07, 6.45) is 0.0530. The van der Waals surface area contributed by atoms with Crippen LogP contribution < -0.4 is 10.2 Å². The maximum atomic E-state index is 13.9. The van der Waals surface area contributed by atoms with Crippen molar-refractivity contribution in [2.24, 2.45) is 5.92 Å². The van der Waals surface area contributed by atoms with E-state index >= 15 is 0 Å². The minimum Gasteiger partial charge on any atom is -0.480 e. The van der Waals surface area contributed by atoms with Crippen molar-refractivity contribution >= 4 is 23.5 Å². The highest BCUT2D eigenvalue weighted by molar-refractivity contribution is 6.00. The molecule has 2 unspecified atom stereocenters. The fraction of sp³-hybridized carbons (Fsp3) is 0.250. The highest BCUT2D eigenvalue weighted by Gasteiger charge is 2.37. The van der Waals surface area contributed by atoms with Gasteiger partial charge in [0.25, 0.3) is 0 Å². The molecule has 0 radical (unpaired) electrons. The third-order valence-corrected chi connectivity index (χ3v) is 4.54. The normalized spacial score (nSPS) is 17.6. The van der Waals surface area contributed by atoms with Gasteiger partial charge in [-0.25, -0.2) is 9.18 Å². The largest absolute Gasteiger partial charge is 0.480 e. The Hall–Kier alpha value is -3.22. The van der Waals surface area contributed by atoms with E-state index < -0.39 is 29.7 Å². The Morgan fingerprint density at radius 1 is 1.15 bits per heavy atom. The highest BCUT2D eigenvalue weighted by Crippen LogP contribution is 2.27. The first kappa shape index (κ1) is 18.6. The van der Waals surface area contributed by atoms with Gasteiger partial charge in [0.1, 0.15) is 11.9 Å². The Labute approximate surface area is 155 Å². The lowest BCUT2D eigenvalue weighted by Gasteiger charge is -2.19. The molecule has 0 aromatic heterocycles. The van der Waals surface area contributed by atoms with Crippen molar-refractivity contribution in [3.05, 3.63) is 66.0 Å². The number of carbonyl (C=O) groups is 3. The number of para-hydroxylation sites is 1. The van der Waals surface area contributed by atoms with E-state index in [4.69, 9.17) is 0 Å². The Balaban J connectivity index is 1.67. The third-order valence-electron chi connectivity index (χ3n) is 4.54. The Kier molecular flexibility index (Phi) is 5.49. The van der Waals surface area contributed by atoms with E-state index in [1.54, 1.807) is 30.3 Å². The molecule has 0 spiro atoms. The monoisotopic (exact) mass is 370 g/mol. The van der Waals surface area contributed by atoms with Crippen LogP contribution in [0.2, 0.25) is 0 Å². The maximum Gasteiger partial charge on any atom is 0.326 e. The predicted octanol–water partition coefficient (Wildman–Crippen LogP) is 1.99. The zero-order valence-electron chi connectivity index (χ0n) is 14.5. The van der Waals surface area contributed by atoms with Crippen LogP contribution in [0.3, 0.4) is 0 Å². The summed E-state index contributed by atoms with van der Waals surface area (Å²) in [4.78, 5) is 37.5. The summed E-state index contributed by atoms with van der Waals surface area (Å²) in [7, 11) is 0. The van der Waals surface area contributed by atoms with Crippen LogP contribution in [0.4, 0.5) is 10.1 Å². The molecule has 7 heteroatoms. The molecule has 1 saturated heterocycles. The average Bonchev–Trinajstić information content (AvgIpc) is 3.04. The van der Waals surface area contributed by atoms with E-state index in [1.165, 1.54) is 23.1 Å². The minimum absolute atomic E-state index is 0.0171. The molecule has 0 bridgehead atoms. The first-order valence-corrected chi connectivity index (χ1v) is 8.57. The standard InChI is InChI=1S/C20H19FN2O4/c21-15-8-4-5-9-17(15)23-12-14(11-18(23)24)19(25)22-16(20(26)27)10-13-6-2-1-3-7-13/h1-9,14,16H,10-12H2,(H,22,25)(H,26,27). The van der Waals surface area contributed by atoms with Gasteiger partial charge >= 0.3 is 5.97 Å². The van der Waals surface area contributed by atoms with Gasteiger partial charge in [-0.15, -0.1) is 0 Å². The van der Waals surface area contributed by atoms with E-state index in [0.29, 0.717) is 0 Å². The van der Waals surface area contributed by atoms with Crippen LogP contribution in [-0.2, 0) is 20.8 Å². The van der Waals surface area contributed by atoms with Crippen molar-refractivity contribution < 1.29 is 23.9 Å². The van der Waals surface area contributed by atoms with E-state index in [-0.39, 0.29) is 31.0 Å². The smallest absolute Gasteiger partial charge is 0.326 e. The van der Waals surface area contributed by atoms with Crippen LogP contribution in [0, 0.1) is 11.7 Å². The number of benzene rings is 2. The number of rotatable bonds is 6.